The second kappa shape index (κ2) is 6.51. The highest BCUT2D eigenvalue weighted by molar-refractivity contribution is 5.90. The van der Waals surface area contributed by atoms with Crippen molar-refractivity contribution < 1.29 is 24.2 Å². The number of likely N-dealkylation sites (N-methyl/N-ethyl adjacent to an activating group) is 1. The Bertz CT molecular complexity index is 371. The molecule has 1 aliphatic rings. The van der Waals surface area contributed by atoms with Crippen LogP contribution >= 0.6 is 0 Å². The summed E-state index contributed by atoms with van der Waals surface area (Å²) in [5, 5.41) is 11.4. The number of hydrogen-bond donors (Lipinski definition) is 2. The number of aliphatic carboxylic acids is 1. The molecule has 19 heavy (non-hydrogen) atoms. The summed E-state index contributed by atoms with van der Waals surface area (Å²) in [6.07, 6.45) is 0. The van der Waals surface area contributed by atoms with Crippen LogP contribution in [0.1, 0.15) is 13.8 Å². The van der Waals surface area contributed by atoms with Gasteiger partial charge in [-0.15, -0.1) is 0 Å². The number of carbonyl (C=O) groups is 3. The topological polar surface area (TPSA) is 95.9 Å². The highest BCUT2D eigenvalue weighted by Gasteiger charge is 2.37. The van der Waals surface area contributed by atoms with Crippen molar-refractivity contribution in [2.24, 2.45) is 11.8 Å². The lowest BCUT2D eigenvalue weighted by Crippen LogP contribution is -2.57. The summed E-state index contributed by atoms with van der Waals surface area (Å²) in [6, 6.07) is -0.685. The van der Waals surface area contributed by atoms with Gasteiger partial charge >= 0.3 is 5.97 Å². The summed E-state index contributed by atoms with van der Waals surface area (Å²) >= 11 is 0. The van der Waals surface area contributed by atoms with Crippen molar-refractivity contribution >= 4 is 17.8 Å². The molecule has 1 heterocycles. The number of morpholine rings is 1. The zero-order valence-electron chi connectivity index (χ0n) is 11.4. The minimum absolute atomic E-state index is 0.138. The molecule has 1 aliphatic heterocycles. The second-order valence-corrected chi connectivity index (χ2v) is 4.65. The molecule has 7 nitrogen and oxygen atoms in total. The maximum Gasteiger partial charge on any atom is 0.307 e. The normalized spacial score (nSPS) is 22.5. The molecule has 3 unspecified atom stereocenters. The fourth-order valence-corrected chi connectivity index (χ4v) is 1.94. The quantitative estimate of drug-likeness (QED) is 0.706. The smallest absolute Gasteiger partial charge is 0.307 e. The molecule has 1 fully saturated rings. The van der Waals surface area contributed by atoms with Gasteiger partial charge in [-0.1, -0.05) is 13.8 Å². The fraction of sp³-hybridized carbons (Fsp3) is 0.750. The highest BCUT2D eigenvalue weighted by atomic mass is 16.5. The number of carbonyl (C=O) groups excluding carboxylic acids is 2. The monoisotopic (exact) mass is 272 g/mol. The average Bonchev–Trinajstić information content (AvgIpc) is 2.43. The van der Waals surface area contributed by atoms with Gasteiger partial charge in [0.25, 0.3) is 0 Å². The molecule has 108 valence electrons. The molecule has 2 amide bonds. The van der Waals surface area contributed by atoms with Crippen LogP contribution in [-0.4, -0.2) is 60.6 Å². The number of carboxylic acids is 1. The summed E-state index contributed by atoms with van der Waals surface area (Å²) in [6.45, 7) is 3.85. The van der Waals surface area contributed by atoms with Crippen molar-refractivity contribution in [3.8, 4) is 0 Å². The largest absolute Gasteiger partial charge is 0.481 e. The Hall–Kier alpha value is -1.63. The van der Waals surface area contributed by atoms with Gasteiger partial charge in [0.15, 0.2) is 0 Å². The molecule has 0 aromatic carbocycles. The van der Waals surface area contributed by atoms with E-state index >= 15 is 0 Å². The Labute approximate surface area is 111 Å². The molecule has 7 heteroatoms. The number of rotatable bonds is 4. The first-order valence-corrected chi connectivity index (χ1v) is 6.22. The maximum absolute atomic E-state index is 12.3. The lowest BCUT2D eigenvalue weighted by Gasteiger charge is -2.36. The van der Waals surface area contributed by atoms with Crippen molar-refractivity contribution in [1.82, 2.24) is 10.2 Å². The van der Waals surface area contributed by atoms with E-state index in [2.05, 4.69) is 5.32 Å². The zero-order valence-corrected chi connectivity index (χ0v) is 11.4. The Balaban J connectivity index is 2.82. The van der Waals surface area contributed by atoms with Crippen LogP contribution in [0.4, 0.5) is 0 Å². The van der Waals surface area contributed by atoms with Gasteiger partial charge in [-0.25, -0.2) is 0 Å². The van der Waals surface area contributed by atoms with Gasteiger partial charge in [0.2, 0.25) is 11.8 Å². The van der Waals surface area contributed by atoms with Crippen molar-refractivity contribution in [1.29, 1.82) is 0 Å². The van der Waals surface area contributed by atoms with Gasteiger partial charge in [-0.2, -0.15) is 0 Å². The van der Waals surface area contributed by atoms with Gasteiger partial charge < -0.3 is 20.1 Å². The molecular weight excluding hydrogens is 252 g/mol. The first-order chi connectivity index (χ1) is 8.90. The first kappa shape index (κ1) is 15.4. The molecule has 2 N–H and O–H groups in total. The van der Waals surface area contributed by atoms with Gasteiger partial charge in [0, 0.05) is 19.5 Å². The highest BCUT2D eigenvalue weighted by Crippen LogP contribution is 2.18. The molecule has 1 saturated heterocycles. The van der Waals surface area contributed by atoms with E-state index in [0.717, 1.165) is 0 Å². The van der Waals surface area contributed by atoms with Gasteiger partial charge in [0.1, 0.15) is 6.04 Å². The molecule has 1 rings (SSSR count). The summed E-state index contributed by atoms with van der Waals surface area (Å²) in [5.41, 5.74) is 0. The second-order valence-electron chi connectivity index (χ2n) is 4.65. The van der Waals surface area contributed by atoms with Crippen molar-refractivity contribution in [2.75, 3.05) is 26.8 Å². The van der Waals surface area contributed by atoms with E-state index < -0.39 is 23.8 Å². The number of hydrogen-bond acceptors (Lipinski definition) is 4. The van der Waals surface area contributed by atoms with Crippen molar-refractivity contribution in [3.63, 3.8) is 0 Å². The number of carboxylic acid groups (broad SMARTS) is 1. The Kier molecular flexibility index (Phi) is 5.29. The Morgan fingerprint density at radius 3 is 2.47 bits per heavy atom. The van der Waals surface area contributed by atoms with Gasteiger partial charge in [-0.05, 0) is 0 Å². The molecule has 3 atom stereocenters. The standard InChI is InChI=1S/C12H20N2O5/c1-7(8(2)12(17)18)11(16)14-4-5-19-6-9(14)10(15)13-3/h7-9H,4-6H2,1-3H3,(H,13,15)(H,17,18). The van der Waals surface area contributed by atoms with Crippen molar-refractivity contribution in [3.05, 3.63) is 0 Å². The molecule has 0 aromatic rings. The zero-order chi connectivity index (χ0) is 14.6. The van der Waals surface area contributed by atoms with Crippen LogP contribution < -0.4 is 5.32 Å². The van der Waals surface area contributed by atoms with E-state index in [1.807, 2.05) is 0 Å². The average molecular weight is 272 g/mol. The summed E-state index contributed by atoms with van der Waals surface area (Å²) in [4.78, 5) is 36.3. The Morgan fingerprint density at radius 1 is 1.32 bits per heavy atom. The van der Waals surface area contributed by atoms with E-state index in [-0.39, 0.29) is 18.4 Å². The third kappa shape index (κ3) is 3.44. The third-order valence-electron chi connectivity index (χ3n) is 3.49. The summed E-state index contributed by atoms with van der Waals surface area (Å²) < 4.78 is 5.20. The van der Waals surface area contributed by atoms with Crippen LogP contribution in [0.3, 0.4) is 0 Å². The molecule has 0 radical (unpaired) electrons. The van der Waals surface area contributed by atoms with Crippen LogP contribution in [0.5, 0.6) is 0 Å². The summed E-state index contributed by atoms with van der Waals surface area (Å²) in [5.74, 6) is -3.12. The van der Waals surface area contributed by atoms with E-state index in [0.29, 0.717) is 13.2 Å². The lowest BCUT2D eigenvalue weighted by atomic mass is 9.94. The first-order valence-electron chi connectivity index (χ1n) is 6.22. The molecule has 0 bridgehead atoms. The maximum atomic E-state index is 12.3. The van der Waals surface area contributed by atoms with Crippen LogP contribution in [0.2, 0.25) is 0 Å². The van der Waals surface area contributed by atoms with Crippen molar-refractivity contribution in [2.45, 2.75) is 19.9 Å². The number of nitrogens with one attached hydrogen (secondary N) is 1. The number of amides is 2. The van der Waals surface area contributed by atoms with Gasteiger partial charge in [-0.3, -0.25) is 14.4 Å². The summed E-state index contributed by atoms with van der Waals surface area (Å²) in [7, 11) is 1.49. The van der Waals surface area contributed by atoms with Crippen LogP contribution in [0.15, 0.2) is 0 Å². The fourth-order valence-electron chi connectivity index (χ4n) is 1.94. The number of ether oxygens (including phenoxy) is 1. The predicted octanol–water partition coefficient (Wildman–Crippen LogP) is -0.683. The van der Waals surface area contributed by atoms with E-state index in [1.54, 1.807) is 6.92 Å². The van der Waals surface area contributed by atoms with Crippen LogP contribution in [0, 0.1) is 11.8 Å². The molecule has 0 spiro atoms. The number of nitrogens with zero attached hydrogens (tertiary/aromatic N) is 1. The molecule has 0 aliphatic carbocycles. The van der Waals surface area contributed by atoms with E-state index in [4.69, 9.17) is 9.84 Å². The third-order valence-corrected chi connectivity index (χ3v) is 3.49. The minimum atomic E-state index is -1.02. The SMILES string of the molecule is CNC(=O)C1COCCN1C(=O)C(C)C(C)C(=O)O. The molecular formula is C12H20N2O5. The molecule has 0 saturated carbocycles. The van der Waals surface area contributed by atoms with Gasteiger partial charge in [0.05, 0.1) is 19.1 Å². The predicted molar refractivity (Wildman–Crippen MR) is 66.4 cm³/mol. The minimum Gasteiger partial charge on any atom is -0.481 e. The van der Waals surface area contributed by atoms with Crippen LogP contribution in [-0.2, 0) is 19.1 Å². The van der Waals surface area contributed by atoms with Crippen LogP contribution in [0.25, 0.3) is 0 Å². The van der Waals surface area contributed by atoms with E-state index in [1.165, 1.54) is 18.9 Å². The molecule has 0 aromatic heterocycles. The van der Waals surface area contributed by atoms with E-state index in [9.17, 15) is 14.4 Å². The Morgan fingerprint density at radius 2 is 1.95 bits per heavy atom. The lowest BCUT2D eigenvalue weighted by molar-refractivity contribution is -0.156.